The highest BCUT2D eigenvalue weighted by atomic mass is 79.9. The van der Waals surface area contributed by atoms with E-state index in [1.165, 1.54) is 18.3 Å². The van der Waals surface area contributed by atoms with Crippen molar-refractivity contribution in [3.05, 3.63) is 56.5 Å². The van der Waals surface area contributed by atoms with Crippen molar-refractivity contribution in [2.75, 3.05) is 11.9 Å². The van der Waals surface area contributed by atoms with E-state index >= 15 is 0 Å². The van der Waals surface area contributed by atoms with Crippen LogP contribution < -0.4 is 10.7 Å². The lowest BCUT2D eigenvalue weighted by atomic mass is 10.2. The van der Waals surface area contributed by atoms with Gasteiger partial charge in [0.25, 0.3) is 5.91 Å². The van der Waals surface area contributed by atoms with Crippen LogP contribution in [0.3, 0.4) is 0 Å². The molecule has 2 aromatic carbocycles. The summed E-state index contributed by atoms with van der Waals surface area (Å²) in [6.07, 6.45) is -3.21. The van der Waals surface area contributed by atoms with E-state index in [-0.39, 0.29) is 18.0 Å². The lowest BCUT2D eigenvalue weighted by Gasteiger charge is -2.10. The molecule has 0 saturated heterocycles. The van der Waals surface area contributed by atoms with Crippen LogP contribution in [-0.2, 0) is 11.0 Å². The van der Waals surface area contributed by atoms with Crippen molar-refractivity contribution in [1.29, 1.82) is 0 Å². The van der Waals surface area contributed by atoms with E-state index in [2.05, 4.69) is 47.7 Å². The number of halogens is 5. The number of rotatable bonds is 5. The standard InChI is InChI=1S/C16H12Br2F3N3O2/c17-11-4-9(15(26)13(18)6-11)7-23-24-14(25)8-22-12-3-1-2-10(5-12)16(19,20)21/h1-7,22,26H,8H2,(H,24,25)/b23-7+. The van der Waals surface area contributed by atoms with Gasteiger partial charge in [0.2, 0.25) is 0 Å². The van der Waals surface area contributed by atoms with Crippen molar-refractivity contribution in [1.82, 2.24) is 5.43 Å². The summed E-state index contributed by atoms with van der Waals surface area (Å²) in [5.74, 6) is -0.611. The van der Waals surface area contributed by atoms with Crippen LogP contribution in [0.4, 0.5) is 18.9 Å². The quantitative estimate of drug-likeness (QED) is 0.423. The molecule has 138 valence electrons. The van der Waals surface area contributed by atoms with Crippen LogP contribution in [0.25, 0.3) is 0 Å². The number of benzene rings is 2. The summed E-state index contributed by atoms with van der Waals surface area (Å²) in [6, 6.07) is 7.75. The van der Waals surface area contributed by atoms with Crippen molar-refractivity contribution in [2.24, 2.45) is 5.10 Å². The van der Waals surface area contributed by atoms with E-state index in [1.54, 1.807) is 12.1 Å². The minimum absolute atomic E-state index is 0.0479. The number of anilines is 1. The maximum atomic E-state index is 12.6. The summed E-state index contributed by atoms with van der Waals surface area (Å²) >= 11 is 6.43. The number of nitrogens with one attached hydrogen (secondary N) is 2. The van der Waals surface area contributed by atoms with E-state index in [0.29, 0.717) is 14.5 Å². The topological polar surface area (TPSA) is 73.7 Å². The number of aromatic hydroxyl groups is 1. The molecule has 0 fully saturated rings. The Hall–Kier alpha value is -2.07. The first-order valence-corrected chi connectivity index (χ1v) is 8.66. The highest BCUT2D eigenvalue weighted by Crippen LogP contribution is 2.31. The second-order valence-electron chi connectivity index (χ2n) is 5.05. The average molecular weight is 495 g/mol. The third-order valence-corrected chi connectivity index (χ3v) is 4.16. The Labute approximate surface area is 163 Å². The molecule has 2 aromatic rings. The molecule has 3 N–H and O–H groups in total. The zero-order valence-corrected chi connectivity index (χ0v) is 16.1. The van der Waals surface area contributed by atoms with E-state index in [0.717, 1.165) is 12.1 Å². The van der Waals surface area contributed by atoms with Gasteiger partial charge in [-0.3, -0.25) is 4.79 Å². The van der Waals surface area contributed by atoms with Gasteiger partial charge < -0.3 is 10.4 Å². The highest BCUT2D eigenvalue weighted by molar-refractivity contribution is 9.11. The van der Waals surface area contributed by atoms with E-state index < -0.39 is 17.6 Å². The fraction of sp³-hybridized carbons (Fsp3) is 0.125. The number of phenols is 1. The van der Waals surface area contributed by atoms with Gasteiger partial charge in [0.1, 0.15) is 5.75 Å². The van der Waals surface area contributed by atoms with Crippen LogP contribution in [0.5, 0.6) is 5.75 Å². The van der Waals surface area contributed by atoms with Gasteiger partial charge in [-0.25, -0.2) is 5.43 Å². The lowest BCUT2D eigenvalue weighted by Crippen LogP contribution is -2.26. The van der Waals surface area contributed by atoms with Gasteiger partial charge in [-0.15, -0.1) is 0 Å². The number of hydrogen-bond donors (Lipinski definition) is 3. The third-order valence-electron chi connectivity index (χ3n) is 3.09. The number of nitrogens with zero attached hydrogens (tertiary/aromatic N) is 1. The van der Waals surface area contributed by atoms with Crippen LogP contribution in [0.1, 0.15) is 11.1 Å². The van der Waals surface area contributed by atoms with Gasteiger partial charge in [-0.1, -0.05) is 22.0 Å². The number of phenolic OH excluding ortho intramolecular Hbond substituents is 1. The summed E-state index contributed by atoms with van der Waals surface area (Å²) in [5.41, 5.74) is 1.93. The number of amides is 1. The molecule has 0 aliphatic carbocycles. The molecule has 0 spiro atoms. The monoisotopic (exact) mass is 493 g/mol. The maximum Gasteiger partial charge on any atom is 0.416 e. The molecule has 0 bridgehead atoms. The molecule has 0 atom stereocenters. The minimum atomic E-state index is -4.45. The smallest absolute Gasteiger partial charge is 0.416 e. The van der Waals surface area contributed by atoms with Gasteiger partial charge in [-0.05, 0) is 46.3 Å². The summed E-state index contributed by atoms with van der Waals surface area (Å²) in [6.45, 7) is -0.271. The summed E-state index contributed by atoms with van der Waals surface area (Å²) in [4.78, 5) is 11.7. The molecular formula is C16H12Br2F3N3O2. The van der Waals surface area contributed by atoms with Gasteiger partial charge in [0.15, 0.2) is 0 Å². The molecule has 1 amide bonds. The Morgan fingerprint density at radius 1 is 1.23 bits per heavy atom. The first kappa shape index (κ1) is 20.2. The highest BCUT2D eigenvalue weighted by Gasteiger charge is 2.30. The molecule has 0 saturated carbocycles. The van der Waals surface area contributed by atoms with Gasteiger partial charge in [0, 0.05) is 15.7 Å². The van der Waals surface area contributed by atoms with Crippen LogP contribution in [-0.4, -0.2) is 23.8 Å². The summed E-state index contributed by atoms with van der Waals surface area (Å²) in [5, 5.41) is 16.1. The fourth-order valence-corrected chi connectivity index (χ4v) is 3.14. The molecule has 0 aliphatic heterocycles. The number of hydrogen-bond acceptors (Lipinski definition) is 4. The normalized spacial score (nSPS) is 11.6. The largest absolute Gasteiger partial charge is 0.506 e. The number of alkyl halides is 3. The molecule has 26 heavy (non-hydrogen) atoms. The summed E-state index contributed by atoms with van der Waals surface area (Å²) < 4.78 is 39.0. The van der Waals surface area contributed by atoms with E-state index in [4.69, 9.17) is 0 Å². The van der Waals surface area contributed by atoms with Crippen molar-refractivity contribution in [2.45, 2.75) is 6.18 Å². The van der Waals surface area contributed by atoms with Gasteiger partial charge in [0.05, 0.1) is 22.8 Å². The zero-order chi connectivity index (χ0) is 19.3. The van der Waals surface area contributed by atoms with Crippen molar-refractivity contribution < 1.29 is 23.1 Å². The van der Waals surface area contributed by atoms with Crippen molar-refractivity contribution >= 4 is 49.7 Å². The number of carbonyl (C=O) groups is 1. The van der Waals surface area contributed by atoms with Crippen LogP contribution >= 0.6 is 31.9 Å². The Morgan fingerprint density at radius 2 is 1.96 bits per heavy atom. The minimum Gasteiger partial charge on any atom is -0.506 e. The van der Waals surface area contributed by atoms with Gasteiger partial charge >= 0.3 is 6.18 Å². The van der Waals surface area contributed by atoms with Crippen LogP contribution in [0, 0.1) is 0 Å². The molecule has 0 radical (unpaired) electrons. The predicted molar refractivity (Wildman–Crippen MR) is 99.2 cm³/mol. The van der Waals surface area contributed by atoms with Crippen molar-refractivity contribution in [3.63, 3.8) is 0 Å². The summed E-state index contributed by atoms with van der Waals surface area (Å²) in [7, 11) is 0. The van der Waals surface area contributed by atoms with E-state index in [9.17, 15) is 23.1 Å². The Balaban J connectivity index is 1.92. The van der Waals surface area contributed by atoms with Crippen molar-refractivity contribution in [3.8, 4) is 5.75 Å². The maximum absolute atomic E-state index is 12.6. The molecule has 0 aromatic heterocycles. The average Bonchev–Trinajstić information content (AvgIpc) is 2.56. The van der Waals surface area contributed by atoms with Gasteiger partial charge in [-0.2, -0.15) is 18.3 Å². The second kappa shape index (κ2) is 8.54. The molecule has 5 nitrogen and oxygen atoms in total. The first-order chi connectivity index (χ1) is 12.2. The Bertz CT molecular complexity index is 842. The number of hydrazone groups is 1. The fourth-order valence-electron chi connectivity index (χ4n) is 1.89. The lowest BCUT2D eigenvalue weighted by molar-refractivity contribution is -0.137. The Kier molecular flexibility index (Phi) is 6.65. The molecule has 2 rings (SSSR count). The zero-order valence-electron chi connectivity index (χ0n) is 12.9. The predicted octanol–water partition coefficient (Wildman–Crippen LogP) is 4.50. The first-order valence-electron chi connectivity index (χ1n) is 7.08. The Morgan fingerprint density at radius 3 is 2.65 bits per heavy atom. The SMILES string of the molecule is O=C(CNc1cccc(C(F)(F)F)c1)N/N=C/c1cc(Br)cc(Br)c1O. The third kappa shape index (κ3) is 5.73. The van der Waals surface area contributed by atoms with Crippen LogP contribution in [0.2, 0.25) is 0 Å². The molecule has 10 heteroatoms. The molecule has 0 heterocycles. The molecule has 0 aliphatic rings. The van der Waals surface area contributed by atoms with Crippen LogP contribution in [0.15, 0.2) is 50.4 Å². The molecule has 0 unspecified atom stereocenters. The molecular weight excluding hydrogens is 483 g/mol. The van der Waals surface area contributed by atoms with E-state index in [1.807, 2.05) is 0 Å². The number of carbonyl (C=O) groups excluding carboxylic acids is 1. The second-order valence-corrected chi connectivity index (χ2v) is 6.82.